The Hall–Kier alpha value is -2.46. The van der Waals surface area contributed by atoms with Crippen LogP contribution in [0.4, 0.5) is 0 Å². The molecule has 1 unspecified atom stereocenters. The maximum absolute atomic E-state index is 11.1. The number of para-hydroxylation sites is 1. The van der Waals surface area contributed by atoms with E-state index in [1.165, 1.54) is 0 Å². The lowest BCUT2D eigenvalue weighted by Crippen LogP contribution is -2.27. The standard InChI is InChI=1S/C17H17N3O/c1-13-8-6-7-11-15(13)17(2,21)16-12-18-19-20(16)14-9-4-3-5-10-14/h3-12,21H,1-2H3. The van der Waals surface area contributed by atoms with Crippen molar-refractivity contribution in [2.24, 2.45) is 0 Å². The molecule has 0 fully saturated rings. The van der Waals surface area contributed by atoms with Crippen LogP contribution in [0.5, 0.6) is 0 Å². The van der Waals surface area contributed by atoms with E-state index in [0.717, 1.165) is 16.8 Å². The minimum atomic E-state index is -1.16. The molecule has 3 aromatic rings. The number of benzene rings is 2. The van der Waals surface area contributed by atoms with E-state index in [2.05, 4.69) is 10.3 Å². The van der Waals surface area contributed by atoms with Gasteiger partial charge in [-0.25, -0.2) is 4.68 Å². The normalized spacial score (nSPS) is 13.9. The van der Waals surface area contributed by atoms with Crippen molar-refractivity contribution in [3.05, 3.63) is 77.6 Å². The van der Waals surface area contributed by atoms with E-state index in [1.807, 2.05) is 61.5 Å². The van der Waals surface area contributed by atoms with Crippen LogP contribution in [-0.4, -0.2) is 20.1 Å². The number of hydrogen-bond acceptors (Lipinski definition) is 3. The summed E-state index contributed by atoms with van der Waals surface area (Å²) in [5, 5.41) is 19.2. The highest BCUT2D eigenvalue weighted by atomic mass is 16.3. The van der Waals surface area contributed by atoms with Crippen LogP contribution in [0.3, 0.4) is 0 Å². The highest BCUT2D eigenvalue weighted by Gasteiger charge is 2.31. The number of rotatable bonds is 3. The molecule has 1 aromatic heterocycles. The molecule has 0 aliphatic rings. The molecule has 4 heteroatoms. The van der Waals surface area contributed by atoms with Gasteiger partial charge in [-0.2, -0.15) is 0 Å². The predicted octanol–water partition coefficient (Wildman–Crippen LogP) is 2.83. The van der Waals surface area contributed by atoms with Gasteiger partial charge in [0.2, 0.25) is 0 Å². The van der Waals surface area contributed by atoms with Crippen molar-refractivity contribution in [1.82, 2.24) is 15.0 Å². The third-order valence-corrected chi connectivity index (χ3v) is 3.72. The van der Waals surface area contributed by atoms with Crippen LogP contribution in [-0.2, 0) is 5.60 Å². The average Bonchev–Trinajstić information content (AvgIpc) is 2.99. The van der Waals surface area contributed by atoms with Gasteiger partial charge in [-0.15, -0.1) is 5.10 Å². The Labute approximate surface area is 123 Å². The zero-order valence-electron chi connectivity index (χ0n) is 12.1. The quantitative estimate of drug-likeness (QED) is 0.802. The van der Waals surface area contributed by atoms with Crippen LogP contribution in [0, 0.1) is 6.92 Å². The molecule has 3 rings (SSSR count). The molecule has 21 heavy (non-hydrogen) atoms. The Kier molecular flexibility index (Phi) is 3.31. The van der Waals surface area contributed by atoms with Gasteiger partial charge in [0.05, 0.1) is 11.9 Å². The van der Waals surface area contributed by atoms with E-state index >= 15 is 0 Å². The number of nitrogens with zero attached hydrogens (tertiary/aromatic N) is 3. The summed E-state index contributed by atoms with van der Waals surface area (Å²) in [7, 11) is 0. The smallest absolute Gasteiger partial charge is 0.131 e. The first kappa shape index (κ1) is 13.5. The summed E-state index contributed by atoms with van der Waals surface area (Å²) in [6.07, 6.45) is 1.61. The SMILES string of the molecule is Cc1ccccc1C(C)(O)c1cnnn1-c1ccccc1. The van der Waals surface area contributed by atoms with Gasteiger partial charge in [0.15, 0.2) is 0 Å². The molecular weight excluding hydrogens is 262 g/mol. The van der Waals surface area contributed by atoms with Crippen molar-refractivity contribution in [3.8, 4) is 5.69 Å². The lowest BCUT2D eigenvalue weighted by Gasteiger charge is -2.26. The van der Waals surface area contributed by atoms with Crippen molar-refractivity contribution in [3.63, 3.8) is 0 Å². The van der Waals surface area contributed by atoms with Crippen LogP contribution >= 0.6 is 0 Å². The maximum atomic E-state index is 11.1. The van der Waals surface area contributed by atoms with Crippen molar-refractivity contribution in [1.29, 1.82) is 0 Å². The van der Waals surface area contributed by atoms with Gasteiger partial charge in [-0.3, -0.25) is 0 Å². The average molecular weight is 279 g/mol. The molecule has 0 saturated carbocycles. The van der Waals surface area contributed by atoms with E-state index in [0.29, 0.717) is 5.69 Å². The molecule has 0 radical (unpaired) electrons. The Morgan fingerprint density at radius 2 is 1.67 bits per heavy atom. The van der Waals surface area contributed by atoms with Crippen molar-refractivity contribution in [2.75, 3.05) is 0 Å². The second-order valence-electron chi connectivity index (χ2n) is 5.25. The minimum Gasteiger partial charge on any atom is -0.379 e. The molecule has 0 saturated heterocycles. The number of hydrogen-bond donors (Lipinski definition) is 1. The monoisotopic (exact) mass is 279 g/mol. The summed E-state index contributed by atoms with van der Waals surface area (Å²) < 4.78 is 1.67. The van der Waals surface area contributed by atoms with Crippen molar-refractivity contribution < 1.29 is 5.11 Å². The fraction of sp³-hybridized carbons (Fsp3) is 0.176. The predicted molar refractivity (Wildman–Crippen MR) is 81.2 cm³/mol. The molecule has 2 aromatic carbocycles. The van der Waals surface area contributed by atoms with Gasteiger partial charge in [0.1, 0.15) is 11.3 Å². The summed E-state index contributed by atoms with van der Waals surface area (Å²) in [5.41, 5.74) is 2.24. The van der Waals surface area contributed by atoms with Gasteiger partial charge in [-0.05, 0) is 37.1 Å². The fourth-order valence-corrected chi connectivity index (χ4v) is 2.58. The van der Waals surface area contributed by atoms with Gasteiger partial charge < -0.3 is 5.11 Å². The molecule has 0 aliphatic carbocycles. The second kappa shape index (κ2) is 5.14. The van der Waals surface area contributed by atoms with Crippen LogP contribution in [0.15, 0.2) is 60.8 Å². The molecule has 0 aliphatic heterocycles. The van der Waals surface area contributed by atoms with E-state index in [9.17, 15) is 5.11 Å². The second-order valence-corrected chi connectivity index (χ2v) is 5.25. The zero-order chi connectivity index (χ0) is 14.9. The number of aromatic nitrogens is 3. The van der Waals surface area contributed by atoms with Gasteiger partial charge >= 0.3 is 0 Å². The van der Waals surface area contributed by atoms with Crippen LogP contribution in [0.1, 0.15) is 23.7 Å². The molecule has 4 nitrogen and oxygen atoms in total. The lowest BCUT2D eigenvalue weighted by molar-refractivity contribution is 0.0939. The topological polar surface area (TPSA) is 50.9 Å². The molecule has 1 N–H and O–H groups in total. The van der Waals surface area contributed by atoms with Gasteiger partial charge in [-0.1, -0.05) is 47.7 Å². The summed E-state index contributed by atoms with van der Waals surface area (Å²) in [6.45, 7) is 3.76. The van der Waals surface area contributed by atoms with E-state index in [-0.39, 0.29) is 0 Å². The Morgan fingerprint density at radius 1 is 1.00 bits per heavy atom. The van der Waals surface area contributed by atoms with Crippen LogP contribution in [0.25, 0.3) is 5.69 Å². The lowest BCUT2D eigenvalue weighted by atomic mass is 9.89. The third-order valence-electron chi connectivity index (χ3n) is 3.72. The first-order valence-electron chi connectivity index (χ1n) is 6.86. The molecule has 0 amide bonds. The Balaban J connectivity index is 2.14. The maximum Gasteiger partial charge on any atom is 0.131 e. The molecule has 1 heterocycles. The summed E-state index contributed by atoms with van der Waals surface area (Å²) in [4.78, 5) is 0. The highest BCUT2D eigenvalue weighted by molar-refractivity contribution is 5.40. The van der Waals surface area contributed by atoms with Crippen molar-refractivity contribution in [2.45, 2.75) is 19.4 Å². The first-order chi connectivity index (χ1) is 10.1. The Bertz CT molecular complexity index is 747. The minimum absolute atomic E-state index is 0.642. The largest absolute Gasteiger partial charge is 0.379 e. The van der Waals surface area contributed by atoms with Crippen LogP contribution in [0.2, 0.25) is 0 Å². The van der Waals surface area contributed by atoms with E-state index < -0.39 is 5.60 Å². The third kappa shape index (κ3) is 2.34. The molecule has 0 spiro atoms. The molecule has 1 atom stereocenters. The summed E-state index contributed by atoms with van der Waals surface area (Å²) in [6, 6.07) is 17.5. The zero-order valence-corrected chi connectivity index (χ0v) is 12.1. The number of aliphatic hydroxyl groups is 1. The van der Waals surface area contributed by atoms with E-state index in [1.54, 1.807) is 17.8 Å². The molecular formula is C17H17N3O. The molecule has 106 valence electrons. The summed E-state index contributed by atoms with van der Waals surface area (Å²) in [5.74, 6) is 0. The van der Waals surface area contributed by atoms with Crippen molar-refractivity contribution >= 4 is 0 Å². The van der Waals surface area contributed by atoms with E-state index in [4.69, 9.17) is 0 Å². The van der Waals surface area contributed by atoms with Gasteiger partial charge in [0.25, 0.3) is 0 Å². The Morgan fingerprint density at radius 3 is 2.38 bits per heavy atom. The fourth-order valence-electron chi connectivity index (χ4n) is 2.58. The van der Waals surface area contributed by atoms with Gasteiger partial charge in [0, 0.05) is 0 Å². The summed E-state index contributed by atoms with van der Waals surface area (Å²) >= 11 is 0. The highest BCUT2D eigenvalue weighted by Crippen LogP contribution is 2.31. The number of aryl methyl sites for hydroxylation is 1. The first-order valence-corrected chi connectivity index (χ1v) is 6.86. The molecule has 0 bridgehead atoms. The van der Waals surface area contributed by atoms with Crippen LogP contribution < -0.4 is 0 Å².